The summed E-state index contributed by atoms with van der Waals surface area (Å²) in [6.07, 6.45) is 0. The van der Waals surface area contributed by atoms with Gasteiger partial charge < -0.3 is 40.8 Å². The van der Waals surface area contributed by atoms with Crippen molar-refractivity contribution in [2.45, 2.75) is 0 Å². The molecule has 6 rings (SSSR count). The molecule has 7 nitrogen and oxygen atoms in total. The molecule has 0 atom stereocenters. The summed E-state index contributed by atoms with van der Waals surface area (Å²) in [5, 5.41) is 6.41. The molecule has 0 aromatic heterocycles. The summed E-state index contributed by atoms with van der Waals surface area (Å²) in [5.41, 5.74) is 0. The van der Waals surface area contributed by atoms with Gasteiger partial charge in [-0.2, -0.15) is 0 Å². The molecule has 0 amide bonds. The Morgan fingerprint density at radius 3 is 0.519 bits per heavy atom. The minimum atomic E-state index is -2.90. The van der Waals surface area contributed by atoms with Crippen LogP contribution in [-0.2, 0) is 0 Å². The molecule has 0 saturated heterocycles. The molecular formula is C42H42ClNO6P2. The second kappa shape index (κ2) is 17.0. The second-order valence-corrected chi connectivity index (χ2v) is 17.9. The Kier molecular flexibility index (Phi) is 12.5. The summed E-state index contributed by atoms with van der Waals surface area (Å²) in [6, 6.07) is 50.0. The number of rotatable bonds is 12. The fraction of sp³-hybridized carbons (Fsp3) is 0.143. The van der Waals surface area contributed by atoms with Gasteiger partial charge in [0, 0.05) is 0 Å². The van der Waals surface area contributed by atoms with Gasteiger partial charge in [-0.15, -0.1) is 4.17 Å². The highest BCUT2D eigenvalue weighted by Gasteiger charge is 2.45. The van der Waals surface area contributed by atoms with Crippen molar-refractivity contribution in [3.63, 3.8) is 0 Å². The minimum Gasteiger partial charge on any atom is -1.00 e. The zero-order chi connectivity index (χ0) is 35.8. The number of methoxy groups -OCH3 is 6. The van der Waals surface area contributed by atoms with Gasteiger partial charge in [0.05, 0.1) is 74.5 Å². The van der Waals surface area contributed by atoms with E-state index in [0.29, 0.717) is 0 Å². The molecule has 0 N–H and O–H groups in total. The molecule has 10 heteroatoms. The predicted molar refractivity (Wildman–Crippen MR) is 212 cm³/mol. The lowest BCUT2D eigenvalue weighted by Gasteiger charge is -2.21. The molecule has 6 aromatic rings. The van der Waals surface area contributed by atoms with Crippen LogP contribution in [0.15, 0.2) is 146 Å². The third-order valence-electron chi connectivity index (χ3n) is 8.94. The van der Waals surface area contributed by atoms with Crippen LogP contribution in [0.1, 0.15) is 0 Å². The Hall–Kier alpha value is -5.02. The van der Waals surface area contributed by atoms with Crippen molar-refractivity contribution in [1.29, 1.82) is 0 Å². The maximum atomic E-state index is 6.47. The molecule has 0 fully saturated rings. The quantitative estimate of drug-likeness (QED) is 0.141. The first-order valence-corrected chi connectivity index (χ1v) is 19.8. The van der Waals surface area contributed by atoms with Gasteiger partial charge in [0.2, 0.25) is 0 Å². The van der Waals surface area contributed by atoms with Crippen LogP contribution in [0, 0.1) is 0 Å². The van der Waals surface area contributed by atoms with E-state index in [1.54, 1.807) is 42.7 Å². The molecule has 0 bridgehead atoms. The van der Waals surface area contributed by atoms with E-state index in [4.69, 9.17) is 32.6 Å². The maximum absolute atomic E-state index is 6.47. The maximum Gasteiger partial charge on any atom is 0.301 e. The zero-order valence-electron chi connectivity index (χ0n) is 30.0. The van der Waals surface area contributed by atoms with Gasteiger partial charge in [-0.1, -0.05) is 0 Å². The minimum absolute atomic E-state index is 0. The average molecular weight is 754 g/mol. The van der Waals surface area contributed by atoms with Crippen LogP contribution >= 0.6 is 14.1 Å². The summed E-state index contributed by atoms with van der Waals surface area (Å²) >= 11 is 0. The van der Waals surface area contributed by atoms with Crippen molar-refractivity contribution < 1.29 is 40.8 Å². The highest BCUT2D eigenvalue weighted by Crippen LogP contribution is 2.51. The molecule has 0 aliphatic heterocycles. The lowest BCUT2D eigenvalue weighted by molar-refractivity contribution is -0.0000120. The van der Waals surface area contributed by atoms with E-state index in [-0.39, 0.29) is 12.4 Å². The molecular weight excluding hydrogens is 712 g/mol. The fourth-order valence-electron chi connectivity index (χ4n) is 6.19. The smallest absolute Gasteiger partial charge is 0.301 e. The van der Waals surface area contributed by atoms with E-state index < -0.39 is 14.1 Å². The third-order valence-corrected chi connectivity index (χ3v) is 17.4. The number of hydrogen-bond donors (Lipinski definition) is 0. The highest BCUT2D eigenvalue weighted by molar-refractivity contribution is 7.93. The summed E-state index contributed by atoms with van der Waals surface area (Å²) in [7, 11) is 4.29. The highest BCUT2D eigenvalue weighted by atomic mass is 35.5. The third kappa shape index (κ3) is 7.33. The van der Waals surface area contributed by atoms with Crippen LogP contribution < -0.4 is 76.8 Å². The van der Waals surface area contributed by atoms with Crippen molar-refractivity contribution in [3.05, 3.63) is 146 Å². The Morgan fingerprint density at radius 2 is 0.404 bits per heavy atom. The summed E-state index contributed by atoms with van der Waals surface area (Å²) < 4.78 is 40.4. The fourth-order valence-corrected chi connectivity index (χ4v) is 15.6. The SMILES string of the molecule is COc1ccc(P(=[N+]=P(c2ccc(OC)cc2)(c2ccc(OC)cc2)c2ccc(OC)cc2)(c2ccc(OC)cc2)c2ccc(OC)cc2)cc1.[Cl-]. The lowest BCUT2D eigenvalue weighted by atomic mass is 10.3. The average Bonchev–Trinajstić information content (AvgIpc) is 3.22. The van der Waals surface area contributed by atoms with Crippen molar-refractivity contribution >= 4 is 45.9 Å². The molecule has 268 valence electrons. The molecule has 0 spiro atoms. The van der Waals surface area contributed by atoms with Gasteiger partial charge in [0.1, 0.15) is 34.5 Å². The normalized spacial score (nSPS) is 11.0. The van der Waals surface area contributed by atoms with Crippen molar-refractivity contribution in [2.75, 3.05) is 42.7 Å². The van der Waals surface area contributed by atoms with E-state index in [1.807, 2.05) is 72.8 Å². The van der Waals surface area contributed by atoms with Crippen LogP contribution in [0.4, 0.5) is 0 Å². The van der Waals surface area contributed by atoms with Crippen molar-refractivity contribution in [1.82, 2.24) is 4.17 Å². The molecule has 0 unspecified atom stereocenters. The van der Waals surface area contributed by atoms with Crippen LogP contribution in [0.3, 0.4) is 0 Å². The molecule has 0 heterocycles. The van der Waals surface area contributed by atoms with Crippen molar-refractivity contribution in [3.8, 4) is 34.5 Å². The topological polar surface area (TPSA) is 69.5 Å². The van der Waals surface area contributed by atoms with Crippen LogP contribution in [0.25, 0.3) is 0 Å². The first kappa shape index (κ1) is 38.2. The number of halogens is 1. The second-order valence-electron chi connectivity index (χ2n) is 11.5. The summed E-state index contributed by atoms with van der Waals surface area (Å²) in [4.78, 5) is 0. The first-order valence-electron chi connectivity index (χ1n) is 16.3. The van der Waals surface area contributed by atoms with E-state index in [2.05, 4.69) is 72.8 Å². The number of nitrogens with zero attached hydrogens (tertiary/aromatic N) is 1. The van der Waals surface area contributed by atoms with Gasteiger partial charge in [0.25, 0.3) is 0 Å². The summed E-state index contributed by atoms with van der Waals surface area (Å²) in [5.74, 6) is 4.60. The molecule has 52 heavy (non-hydrogen) atoms. The lowest BCUT2D eigenvalue weighted by Crippen LogP contribution is -3.00. The van der Waals surface area contributed by atoms with Gasteiger partial charge in [-0.25, -0.2) is 0 Å². The Labute approximate surface area is 312 Å². The van der Waals surface area contributed by atoms with Gasteiger partial charge in [-0.05, 0) is 146 Å². The van der Waals surface area contributed by atoms with E-state index in [0.717, 1.165) is 66.3 Å². The van der Waals surface area contributed by atoms with Crippen LogP contribution in [0.5, 0.6) is 34.5 Å². The van der Waals surface area contributed by atoms with Crippen LogP contribution in [-0.4, -0.2) is 42.7 Å². The Balaban J connectivity index is 0.00000523. The molecule has 0 saturated carbocycles. The molecule has 0 aliphatic rings. The van der Waals surface area contributed by atoms with E-state index >= 15 is 0 Å². The number of ether oxygens (including phenoxy) is 6. The van der Waals surface area contributed by atoms with E-state index in [1.165, 1.54) is 0 Å². The van der Waals surface area contributed by atoms with Crippen LogP contribution in [0.2, 0.25) is 0 Å². The van der Waals surface area contributed by atoms with Gasteiger partial charge >= 0.3 is 14.1 Å². The van der Waals surface area contributed by atoms with E-state index in [9.17, 15) is 0 Å². The largest absolute Gasteiger partial charge is 1.00 e. The predicted octanol–water partition coefficient (Wildman–Crippen LogP) is 3.46. The molecule has 0 aliphatic carbocycles. The van der Waals surface area contributed by atoms with Gasteiger partial charge in [-0.3, -0.25) is 0 Å². The monoisotopic (exact) mass is 753 g/mol. The summed E-state index contributed by atoms with van der Waals surface area (Å²) in [6.45, 7) is 0. The van der Waals surface area contributed by atoms with Crippen molar-refractivity contribution in [2.24, 2.45) is 0 Å². The first-order chi connectivity index (χ1) is 24.9. The molecule has 6 aromatic carbocycles. The number of benzene rings is 6. The zero-order valence-corrected chi connectivity index (χ0v) is 32.6. The Morgan fingerprint density at radius 1 is 0.269 bits per heavy atom. The van der Waals surface area contributed by atoms with Gasteiger partial charge in [0.15, 0.2) is 0 Å². The standard InChI is InChI=1S/C42H42NO6P2.ClH/c1-44-31-7-19-37(20-8-31)50(38-21-9-32(45-2)10-22-38,39-23-11-33(46-3)12-24-39)43-51(40-25-13-34(47-4)14-26-40,41-27-15-35(48-5)16-28-41)42-29-17-36(49-6)18-30-42;/h7-30H,1-6H3;1H/q+1;/p-1. The Bertz CT molecular complexity index is 1780. The molecule has 0 radical (unpaired) electrons. The number of hydrogen-bond acceptors (Lipinski definition) is 6.